The van der Waals surface area contributed by atoms with E-state index in [1.165, 1.54) is 12.4 Å². The van der Waals surface area contributed by atoms with Crippen LogP contribution in [0.1, 0.15) is 30.8 Å². The molecule has 1 rings (SSSR count). The molecule has 2 unspecified atom stereocenters. The molecule has 0 bridgehead atoms. The molecule has 7 heteroatoms. The first-order chi connectivity index (χ1) is 8.58. The maximum atomic E-state index is 11.1. The number of hydrogen-bond donors (Lipinski definition) is 2. The minimum Gasteiger partial charge on any atom is -0.466 e. The molecule has 0 aliphatic rings. The van der Waals surface area contributed by atoms with Crippen molar-refractivity contribution in [1.29, 1.82) is 5.26 Å². The summed E-state index contributed by atoms with van der Waals surface area (Å²) in [4.78, 5) is 18.4. The topological polar surface area (TPSA) is 116 Å². The Morgan fingerprint density at radius 2 is 2.11 bits per heavy atom. The number of aliphatic hydroxyl groups excluding tert-OH is 2. The van der Waals surface area contributed by atoms with Crippen LogP contribution in [0.5, 0.6) is 0 Å². The van der Waals surface area contributed by atoms with Gasteiger partial charge in [0.15, 0.2) is 0 Å². The maximum Gasteiger partial charge on any atom is 0.308 e. The van der Waals surface area contributed by atoms with Gasteiger partial charge in [0.2, 0.25) is 5.82 Å². The zero-order valence-corrected chi connectivity index (χ0v) is 9.78. The summed E-state index contributed by atoms with van der Waals surface area (Å²) in [6, 6.07) is 1.73. The summed E-state index contributed by atoms with van der Waals surface area (Å²) in [5.41, 5.74) is 0.228. The molecule has 0 saturated heterocycles. The molecule has 0 aliphatic heterocycles. The molecule has 2 N–H and O–H groups in total. The van der Waals surface area contributed by atoms with Gasteiger partial charge in [-0.25, -0.2) is 9.97 Å². The second-order valence-corrected chi connectivity index (χ2v) is 3.47. The van der Waals surface area contributed by atoms with Gasteiger partial charge in [0, 0.05) is 18.0 Å². The van der Waals surface area contributed by atoms with Gasteiger partial charge in [0.05, 0.1) is 19.1 Å². The van der Waals surface area contributed by atoms with E-state index >= 15 is 0 Å². The predicted octanol–water partition coefficient (Wildman–Crippen LogP) is -0.304. The summed E-state index contributed by atoms with van der Waals surface area (Å²) in [6.07, 6.45) is -0.479. The summed E-state index contributed by atoms with van der Waals surface area (Å²) >= 11 is 0. The van der Waals surface area contributed by atoms with E-state index < -0.39 is 18.2 Å². The molecule has 0 spiro atoms. The van der Waals surface area contributed by atoms with Crippen molar-refractivity contribution in [2.45, 2.75) is 25.6 Å². The number of esters is 1. The minimum atomic E-state index is -1.31. The predicted molar refractivity (Wildman–Crippen MR) is 59.0 cm³/mol. The average Bonchev–Trinajstić information content (AvgIpc) is 2.38. The van der Waals surface area contributed by atoms with Gasteiger partial charge >= 0.3 is 5.97 Å². The Hall–Kier alpha value is -2.04. The molecule has 1 aromatic heterocycles. The van der Waals surface area contributed by atoms with Gasteiger partial charge < -0.3 is 14.9 Å². The first-order valence-electron chi connectivity index (χ1n) is 5.32. The summed E-state index contributed by atoms with van der Waals surface area (Å²) in [5, 5.41) is 27.9. The molecular formula is C11H13N3O4. The fraction of sp³-hybridized carbons (Fsp3) is 0.455. The molecule has 0 amide bonds. The van der Waals surface area contributed by atoms with Crippen LogP contribution in [0.2, 0.25) is 0 Å². The Balaban J connectivity index is 2.65. The SMILES string of the molecule is CCOC(=O)CC(O)C(O)c1cnc(C#N)nc1. The van der Waals surface area contributed by atoms with Crippen LogP contribution in [0.15, 0.2) is 12.4 Å². The van der Waals surface area contributed by atoms with E-state index in [9.17, 15) is 15.0 Å². The van der Waals surface area contributed by atoms with Gasteiger partial charge in [0.1, 0.15) is 12.2 Å². The summed E-state index contributed by atoms with van der Waals surface area (Å²) in [6.45, 7) is 1.86. The van der Waals surface area contributed by atoms with Crippen LogP contribution < -0.4 is 0 Å². The standard InChI is InChI=1S/C11H13N3O4/c1-2-18-10(16)3-8(15)11(17)7-5-13-9(4-12)14-6-7/h5-6,8,11,15,17H,2-3H2,1H3. The van der Waals surface area contributed by atoms with Crippen LogP contribution in [0, 0.1) is 11.3 Å². The summed E-state index contributed by atoms with van der Waals surface area (Å²) < 4.78 is 4.65. The number of hydrogen-bond acceptors (Lipinski definition) is 7. The Kier molecular flexibility index (Phi) is 5.17. The zero-order chi connectivity index (χ0) is 13.5. The molecule has 1 heterocycles. The van der Waals surface area contributed by atoms with Crippen molar-refractivity contribution < 1.29 is 19.7 Å². The van der Waals surface area contributed by atoms with Crippen molar-refractivity contribution in [3.63, 3.8) is 0 Å². The van der Waals surface area contributed by atoms with Crippen molar-refractivity contribution in [2.24, 2.45) is 0 Å². The van der Waals surface area contributed by atoms with Crippen LogP contribution in [0.3, 0.4) is 0 Å². The quantitative estimate of drug-likeness (QED) is 0.689. The van der Waals surface area contributed by atoms with Gasteiger partial charge in [-0.15, -0.1) is 0 Å². The molecule has 0 aliphatic carbocycles. The molecule has 0 radical (unpaired) electrons. The van der Waals surface area contributed by atoms with E-state index in [0.29, 0.717) is 0 Å². The van der Waals surface area contributed by atoms with E-state index in [1.807, 2.05) is 0 Å². The third-order valence-electron chi connectivity index (χ3n) is 2.16. The molecule has 1 aromatic rings. The van der Waals surface area contributed by atoms with Gasteiger partial charge in [-0.1, -0.05) is 0 Å². The highest BCUT2D eigenvalue weighted by atomic mass is 16.5. The van der Waals surface area contributed by atoms with E-state index in [4.69, 9.17) is 5.26 Å². The Labute approximate surface area is 104 Å². The molecular weight excluding hydrogens is 238 g/mol. The largest absolute Gasteiger partial charge is 0.466 e. The van der Waals surface area contributed by atoms with Crippen molar-refractivity contribution in [3.05, 3.63) is 23.8 Å². The van der Waals surface area contributed by atoms with Crippen molar-refractivity contribution in [2.75, 3.05) is 6.61 Å². The monoisotopic (exact) mass is 251 g/mol. The lowest BCUT2D eigenvalue weighted by Gasteiger charge is -2.16. The first kappa shape index (κ1) is 14.0. The third-order valence-corrected chi connectivity index (χ3v) is 2.16. The third kappa shape index (κ3) is 3.76. The highest BCUT2D eigenvalue weighted by Crippen LogP contribution is 2.17. The second-order valence-electron chi connectivity index (χ2n) is 3.47. The summed E-state index contributed by atoms with van der Waals surface area (Å²) in [5.74, 6) is -0.635. The molecule has 7 nitrogen and oxygen atoms in total. The van der Waals surface area contributed by atoms with Crippen LogP contribution in [0.25, 0.3) is 0 Å². The Bertz CT molecular complexity index is 441. The van der Waals surface area contributed by atoms with Gasteiger partial charge in [-0.3, -0.25) is 4.79 Å². The van der Waals surface area contributed by atoms with Gasteiger partial charge in [-0.2, -0.15) is 5.26 Å². The molecule has 0 fully saturated rings. The highest BCUT2D eigenvalue weighted by Gasteiger charge is 2.22. The van der Waals surface area contributed by atoms with E-state index in [0.717, 1.165) is 0 Å². The first-order valence-corrected chi connectivity index (χ1v) is 5.32. The average molecular weight is 251 g/mol. The van der Waals surface area contributed by atoms with Gasteiger partial charge in [0.25, 0.3) is 0 Å². The lowest BCUT2D eigenvalue weighted by molar-refractivity contribution is -0.147. The fourth-order valence-corrected chi connectivity index (χ4v) is 1.27. The van der Waals surface area contributed by atoms with E-state index in [2.05, 4.69) is 14.7 Å². The van der Waals surface area contributed by atoms with Crippen LogP contribution >= 0.6 is 0 Å². The maximum absolute atomic E-state index is 11.1. The number of nitrogens with zero attached hydrogens (tertiary/aromatic N) is 3. The molecule has 18 heavy (non-hydrogen) atoms. The number of rotatable bonds is 5. The van der Waals surface area contributed by atoms with Gasteiger partial charge in [-0.05, 0) is 6.92 Å². The lowest BCUT2D eigenvalue weighted by Crippen LogP contribution is -2.23. The highest BCUT2D eigenvalue weighted by molar-refractivity contribution is 5.70. The normalized spacial score (nSPS) is 13.4. The Morgan fingerprint density at radius 1 is 1.50 bits per heavy atom. The lowest BCUT2D eigenvalue weighted by atomic mass is 10.1. The van der Waals surface area contributed by atoms with Crippen molar-refractivity contribution >= 4 is 5.97 Å². The molecule has 96 valence electrons. The molecule has 2 atom stereocenters. The van der Waals surface area contributed by atoms with Crippen LogP contribution in [0.4, 0.5) is 0 Å². The van der Waals surface area contributed by atoms with Crippen molar-refractivity contribution in [1.82, 2.24) is 9.97 Å². The number of aromatic nitrogens is 2. The van der Waals surface area contributed by atoms with Crippen LogP contribution in [-0.4, -0.2) is 38.9 Å². The molecule has 0 saturated carbocycles. The number of carbonyl (C=O) groups is 1. The molecule has 0 aromatic carbocycles. The Morgan fingerprint density at radius 3 is 2.61 bits per heavy atom. The number of aliphatic hydroxyl groups is 2. The zero-order valence-electron chi connectivity index (χ0n) is 9.78. The van der Waals surface area contributed by atoms with Crippen LogP contribution in [-0.2, 0) is 9.53 Å². The smallest absolute Gasteiger partial charge is 0.308 e. The number of carbonyl (C=O) groups excluding carboxylic acids is 1. The second kappa shape index (κ2) is 6.64. The minimum absolute atomic E-state index is 0.0363. The fourth-order valence-electron chi connectivity index (χ4n) is 1.27. The number of nitriles is 1. The van der Waals surface area contributed by atoms with Crippen molar-refractivity contribution in [3.8, 4) is 6.07 Å². The van der Waals surface area contributed by atoms with E-state index in [-0.39, 0.29) is 24.4 Å². The van der Waals surface area contributed by atoms with E-state index in [1.54, 1.807) is 13.0 Å². The number of ether oxygens (including phenoxy) is 1. The summed E-state index contributed by atoms with van der Waals surface area (Å²) in [7, 11) is 0.